The molecule has 1 heterocycles. The molecule has 0 radical (unpaired) electrons. The fourth-order valence-electron chi connectivity index (χ4n) is 1.27. The Morgan fingerprint density at radius 1 is 1.33 bits per heavy atom. The smallest absolute Gasteiger partial charge is 0.288 e. The number of carbonyl (C=O) groups is 1. The summed E-state index contributed by atoms with van der Waals surface area (Å²) in [6.07, 6.45) is 0.723. The van der Waals surface area contributed by atoms with E-state index in [1.54, 1.807) is 12.1 Å². The second kappa shape index (κ2) is 5.16. The molecule has 0 fully saturated rings. The maximum atomic E-state index is 10.6. The molecule has 5 nitrogen and oxygen atoms in total. The number of hydrogen-bond donors (Lipinski definition) is 0. The number of nitro benzene ring substituents is 1. The van der Waals surface area contributed by atoms with Gasteiger partial charge in [-0.2, -0.15) is 0 Å². The number of rotatable bonds is 4. The van der Waals surface area contributed by atoms with Crippen LogP contribution in [-0.2, 0) is 0 Å². The van der Waals surface area contributed by atoms with E-state index in [4.69, 9.17) is 16.3 Å². The minimum atomic E-state index is -0.568. The summed E-state index contributed by atoms with van der Waals surface area (Å²) in [4.78, 5) is 21.1. The van der Waals surface area contributed by atoms with E-state index in [2.05, 4.69) is 0 Å². The summed E-state index contributed by atoms with van der Waals surface area (Å²) >= 11 is 6.93. The largest absolute Gasteiger partial charge is 0.447 e. The van der Waals surface area contributed by atoms with Crippen LogP contribution in [-0.4, -0.2) is 11.2 Å². The highest BCUT2D eigenvalue weighted by molar-refractivity contribution is 7.15. The Hall–Kier alpha value is -1.92. The summed E-state index contributed by atoms with van der Waals surface area (Å²) in [5.41, 5.74) is -0.177. The molecular formula is C11H6ClNO4S. The first-order chi connectivity index (χ1) is 8.60. The third-order valence-electron chi connectivity index (χ3n) is 2.05. The van der Waals surface area contributed by atoms with Crippen molar-refractivity contribution in [2.45, 2.75) is 0 Å². The number of halogens is 1. The van der Waals surface area contributed by atoms with Gasteiger partial charge in [0.1, 0.15) is 10.8 Å². The van der Waals surface area contributed by atoms with Gasteiger partial charge in [0.15, 0.2) is 11.3 Å². The molecule has 0 N–H and O–H groups in total. The molecule has 0 saturated carbocycles. The lowest BCUT2D eigenvalue weighted by Crippen LogP contribution is -1.89. The van der Waals surface area contributed by atoms with E-state index in [0.29, 0.717) is 15.7 Å². The minimum absolute atomic E-state index is 0.00432. The number of benzene rings is 1. The lowest BCUT2D eigenvalue weighted by molar-refractivity contribution is -0.384. The summed E-state index contributed by atoms with van der Waals surface area (Å²) in [6, 6.07) is 7.35. The highest BCUT2D eigenvalue weighted by Gasteiger charge is 2.13. The number of nitrogens with zero attached hydrogens (tertiary/aromatic N) is 1. The van der Waals surface area contributed by atoms with E-state index in [1.807, 2.05) is 0 Å². The number of thiophene rings is 1. The molecular weight excluding hydrogens is 278 g/mol. The minimum Gasteiger partial charge on any atom is -0.447 e. The summed E-state index contributed by atoms with van der Waals surface area (Å²) in [5, 5.41) is 11.1. The fraction of sp³-hybridized carbons (Fsp3) is 0. The SMILES string of the molecule is O=Cc1ccc(Oc2ccc([N+](=O)[O-])c(Cl)c2)s1. The van der Waals surface area contributed by atoms with E-state index in [1.165, 1.54) is 29.5 Å². The van der Waals surface area contributed by atoms with Crippen LogP contribution in [0.5, 0.6) is 10.8 Å². The van der Waals surface area contributed by atoms with Gasteiger partial charge in [0, 0.05) is 12.1 Å². The zero-order valence-electron chi connectivity index (χ0n) is 8.83. The molecule has 18 heavy (non-hydrogen) atoms. The molecule has 0 spiro atoms. The van der Waals surface area contributed by atoms with Gasteiger partial charge in [0.05, 0.1) is 9.80 Å². The molecule has 0 amide bonds. The molecule has 0 unspecified atom stereocenters. The molecule has 0 saturated heterocycles. The predicted molar refractivity (Wildman–Crippen MR) is 67.9 cm³/mol. The maximum Gasteiger partial charge on any atom is 0.288 e. The van der Waals surface area contributed by atoms with Crippen LogP contribution in [0, 0.1) is 10.1 Å². The first-order valence-electron chi connectivity index (χ1n) is 4.77. The van der Waals surface area contributed by atoms with E-state index >= 15 is 0 Å². The van der Waals surface area contributed by atoms with Gasteiger partial charge >= 0.3 is 0 Å². The van der Waals surface area contributed by atoms with Crippen LogP contribution >= 0.6 is 22.9 Å². The average Bonchev–Trinajstić information content (AvgIpc) is 2.76. The number of ether oxygens (including phenoxy) is 1. The Kier molecular flexibility index (Phi) is 3.59. The Morgan fingerprint density at radius 2 is 2.11 bits per heavy atom. The molecule has 0 aliphatic carbocycles. The van der Waals surface area contributed by atoms with Gasteiger partial charge in [-0.25, -0.2) is 0 Å². The zero-order chi connectivity index (χ0) is 13.1. The topological polar surface area (TPSA) is 69.4 Å². The molecule has 1 aromatic carbocycles. The van der Waals surface area contributed by atoms with Crippen LogP contribution in [0.3, 0.4) is 0 Å². The second-order valence-corrected chi connectivity index (χ2v) is 4.73. The quantitative estimate of drug-likeness (QED) is 0.484. The first kappa shape index (κ1) is 12.5. The van der Waals surface area contributed by atoms with Crippen LogP contribution in [0.4, 0.5) is 5.69 Å². The lowest BCUT2D eigenvalue weighted by Gasteiger charge is -2.03. The van der Waals surface area contributed by atoms with Crippen molar-refractivity contribution in [1.82, 2.24) is 0 Å². The molecule has 7 heteroatoms. The Labute approximate surface area is 111 Å². The zero-order valence-corrected chi connectivity index (χ0v) is 10.4. The van der Waals surface area contributed by atoms with Gasteiger partial charge in [-0.3, -0.25) is 14.9 Å². The predicted octanol–water partition coefficient (Wildman–Crippen LogP) is 3.91. The van der Waals surface area contributed by atoms with Crippen molar-refractivity contribution in [1.29, 1.82) is 0 Å². The summed E-state index contributed by atoms with van der Waals surface area (Å²) in [6.45, 7) is 0. The maximum absolute atomic E-state index is 10.6. The Bertz CT molecular complexity index is 611. The molecule has 0 atom stereocenters. The highest BCUT2D eigenvalue weighted by Crippen LogP contribution is 2.33. The molecule has 2 aromatic rings. The van der Waals surface area contributed by atoms with Crippen molar-refractivity contribution in [3.8, 4) is 10.8 Å². The van der Waals surface area contributed by atoms with Crippen LogP contribution in [0.1, 0.15) is 9.67 Å². The van der Waals surface area contributed by atoms with E-state index in [9.17, 15) is 14.9 Å². The van der Waals surface area contributed by atoms with Gasteiger partial charge < -0.3 is 4.74 Å². The summed E-state index contributed by atoms with van der Waals surface area (Å²) < 4.78 is 5.43. The first-order valence-corrected chi connectivity index (χ1v) is 5.96. The molecule has 92 valence electrons. The number of nitro groups is 1. The van der Waals surface area contributed by atoms with Crippen molar-refractivity contribution < 1.29 is 14.5 Å². The number of hydrogen-bond acceptors (Lipinski definition) is 5. The second-order valence-electron chi connectivity index (χ2n) is 3.25. The van der Waals surface area contributed by atoms with Crippen molar-refractivity contribution in [2.75, 3.05) is 0 Å². The summed E-state index contributed by atoms with van der Waals surface area (Å²) in [5.74, 6) is 0.380. The van der Waals surface area contributed by atoms with E-state index < -0.39 is 4.92 Å². The van der Waals surface area contributed by atoms with Gasteiger partial charge in [-0.1, -0.05) is 22.9 Å². The summed E-state index contributed by atoms with van der Waals surface area (Å²) in [7, 11) is 0. The van der Waals surface area contributed by atoms with Crippen LogP contribution in [0.15, 0.2) is 30.3 Å². The highest BCUT2D eigenvalue weighted by atomic mass is 35.5. The van der Waals surface area contributed by atoms with Crippen molar-refractivity contribution in [2.24, 2.45) is 0 Å². The van der Waals surface area contributed by atoms with Gasteiger partial charge in [0.25, 0.3) is 5.69 Å². The molecule has 2 rings (SSSR count). The number of aldehydes is 1. The lowest BCUT2D eigenvalue weighted by atomic mass is 10.3. The molecule has 1 aromatic heterocycles. The fourth-order valence-corrected chi connectivity index (χ4v) is 2.20. The van der Waals surface area contributed by atoms with E-state index in [-0.39, 0.29) is 10.7 Å². The molecule has 0 aliphatic rings. The van der Waals surface area contributed by atoms with E-state index in [0.717, 1.165) is 6.29 Å². The van der Waals surface area contributed by atoms with Crippen molar-refractivity contribution >= 4 is 34.9 Å². The van der Waals surface area contributed by atoms with Crippen LogP contribution in [0.2, 0.25) is 5.02 Å². The van der Waals surface area contributed by atoms with Gasteiger partial charge in [0.2, 0.25) is 0 Å². The normalized spacial score (nSPS) is 10.1. The van der Waals surface area contributed by atoms with Crippen molar-refractivity contribution in [3.63, 3.8) is 0 Å². The Balaban J connectivity index is 2.22. The molecule has 0 aliphatic heterocycles. The Morgan fingerprint density at radius 3 is 2.67 bits per heavy atom. The third-order valence-corrected chi connectivity index (χ3v) is 3.24. The van der Waals surface area contributed by atoms with Crippen LogP contribution in [0.25, 0.3) is 0 Å². The third kappa shape index (κ3) is 2.66. The number of carbonyl (C=O) groups excluding carboxylic acids is 1. The average molecular weight is 284 g/mol. The van der Waals surface area contributed by atoms with Gasteiger partial charge in [-0.15, -0.1) is 0 Å². The van der Waals surface area contributed by atoms with Crippen LogP contribution < -0.4 is 4.74 Å². The molecule has 0 bridgehead atoms. The monoisotopic (exact) mass is 283 g/mol. The standard InChI is InChI=1S/C11H6ClNO4S/c12-9-5-7(1-3-10(9)13(15)16)17-11-4-2-8(6-14)18-11/h1-6H. The van der Waals surface area contributed by atoms with Crippen molar-refractivity contribution in [3.05, 3.63) is 50.3 Å². The van der Waals surface area contributed by atoms with Gasteiger partial charge in [-0.05, 0) is 18.2 Å².